The smallest absolute Gasteiger partial charge is 0.227 e. The van der Waals surface area contributed by atoms with E-state index in [2.05, 4.69) is 169 Å². The Balaban J connectivity index is 1.10. The second-order valence-electron chi connectivity index (χ2n) is 13.2. The molecule has 0 fully saturated rings. The quantitative estimate of drug-likeness (QED) is 0.166. The molecule has 3 nitrogen and oxygen atoms in total. The fraction of sp³-hybridized carbons (Fsp3) is 0. The van der Waals surface area contributed by atoms with E-state index in [0.717, 1.165) is 44.7 Å². The van der Waals surface area contributed by atoms with Crippen molar-refractivity contribution in [3.63, 3.8) is 0 Å². The van der Waals surface area contributed by atoms with Gasteiger partial charge in [0.25, 0.3) is 0 Å². The van der Waals surface area contributed by atoms with E-state index >= 15 is 0 Å². The molecule has 0 radical (unpaired) electrons. The minimum Gasteiger partial charge on any atom is -0.436 e. The predicted octanol–water partition coefficient (Wildman–Crippen LogP) is 13.8. The highest BCUT2D eigenvalue weighted by molar-refractivity contribution is 6.21. The molecule has 244 valence electrons. The van der Waals surface area contributed by atoms with E-state index in [1.807, 2.05) is 30.3 Å². The number of rotatable bonds is 6. The van der Waals surface area contributed by atoms with Crippen LogP contribution in [0.5, 0.6) is 0 Å². The van der Waals surface area contributed by atoms with Crippen molar-refractivity contribution in [3.8, 4) is 33.7 Å². The summed E-state index contributed by atoms with van der Waals surface area (Å²) < 4.78 is 6.21. The second-order valence-corrected chi connectivity index (χ2v) is 13.2. The lowest BCUT2D eigenvalue weighted by Crippen LogP contribution is -2.11. The number of hydrogen-bond donors (Lipinski definition) is 0. The Hall–Kier alpha value is -6.97. The first-order valence-electron chi connectivity index (χ1n) is 17.6. The standard InChI is InChI=1S/C49H32N2O/c1-4-13-33(14-5-1)40-21-10-11-22-46(40)51(38-18-8-3-9-19-38)39-20-12-17-36(31-39)37-24-23-34-25-26-41-42-29-30-47-48(44(42)28-27-43(41)45(34)32-37)50-49(52-47)35-15-6-2-7-16-35/h1-32H. The zero-order valence-corrected chi connectivity index (χ0v) is 28.3. The van der Waals surface area contributed by atoms with Crippen molar-refractivity contribution in [2.45, 2.75) is 0 Å². The van der Waals surface area contributed by atoms with Crippen LogP contribution in [0.3, 0.4) is 0 Å². The molecule has 52 heavy (non-hydrogen) atoms. The maximum Gasteiger partial charge on any atom is 0.227 e. The van der Waals surface area contributed by atoms with Gasteiger partial charge in [-0.15, -0.1) is 0 Å². The molecule has 0 spiro atoms. The van der Waals surface area contributed by atoms with Gasteiger partial charge < -0.3 is 9.32 Å². The molecule has 10 rings (SSSR count). The molecule has 0 bridgehead atoms. The Morgan fingerprint density at radius 1 is 0.385 bits per heavy atom. The van der Waals surface area contributed by atoms with E-state index in [4.69, 9.17) is 9.40 Å². The molecule has 1 heterocycles. The summed E-state index contributed by atoms with van der Waals surface area (Å²) in [6, 6.07) is 68.9. The molecule has 0 aliphatic carbocycles. The maximum atomic E-state index is 6.21. The van der Waals surface area contributed by atoms with Crippen molar-refractivity contribution in [2.24, 2.45) is 0 Å². The minimum absolute atomic E-state index is 0.642. The number of nitrogens with zero attached hydrogens (tertiary/aromatic N) is 2. The molecule has 0 amide bonds. The lowest BCUT2D eigenvalue weighted by atomic mass is 9.94. The summed E-state index contributed by atoms with van der Waals surface area (Å²) in [6.45, 7) is 0. The summed E-state index contributed by atoms with van der Waals surface area (Å²) in [6.07, 6.45) is 0. The monoisotopic (exact) mass is 664 g/mol. The molecule has 9 aromatic carbocycles. The van der Waals surface area contributed by atoms with Gasteiger partial charge in [-0.2, -0.15) is 0 Å². The number of oxazole rings is 1. The zero-order valence-electron chi connectivity index (χ0n) is 28.3. The van der Waals surface area contributed by atoms with Gasteiger partial charge in [-0.3, -0.25) is 0 Å². The third kappa shape index (κ3) is 5.10. The van der Waals surface area contributed by atoms with Crippen molar-refractivity contribution < 1.29 is 4.42 Å². The highest BCUT2D eigenvalue weighted by atomic mass is 16.3. The average Bonchev–Trinajstić information content (AvgIpc) is 3.67. The molecule has 0 atom stereocenters. The van der Waals surface area contributed by atoms with Crippen molar-refractivity contribution in [2.75, 3.05) is 4.90 Å². The molecule has 1 aromatic heterocycles. The Morgan fingerprint density at radius 2 is 0.962 bits per heavy atom. The normalized spacial score (nSPS) is 11.5. The molecular weight excluding hydrogens is 633 g/mol. The molecule has 0 saturated carbocycles. The van der Waals surface area contributed by atoms with Crippen molar-refractivity contribution >= 4 is 60.5 Å². The van der Waals surface area contributed by atoms with Crippen LogP contribution in [0.2, 0.25) is 0 Å². The van der Waals surface area contributed by atoms with E-state index < -0.39 is 0 Å². The molecule has 0 saturated heterocycles. The predicted molar refractivity (Wildman–Crippen MR) is 218 cm³/mol. The largest absolute Gasteiger partial charge is 0.436 e. The van der Waals surface area contributed by atoms with E-state index in [9.17, 15) is 0 Å². The molecule has 0 aliphatic rings. The summed E-state index contributed by atoms with van der Waals surface area (Å²) in [5, 5.41) is 7.12. The third-order valence-corrected chi connectivity index (χ3v) is 10.1. The summed E-state index contributed by atoms with van der Waals surface area (Å²) in [5.41, 5.74) is 10.7. The third-order valence-electron chi connectivity index (χ3n) is 10.1. The van der Waals surface area contributed by atoms with Crippen LogP contribution in [0.4, 0.5) is 17.1 Å². The van der Waals surface area contributed by atoms with Crippen molar-refractivity contribution in [1.82, 2.24) is 4.98 Å². The molecule has 0 N–H and O–H groups in total. The molecule has 0 aliphatic heterocycles. The van der Waals surface area contributed by atoms with Gasteiger partial charge in [-0.25, -0.2) is 4.98 Å². The van der Waals surface area contributed by atoms with Crippen molar-refractivity contribution in [1.29, 1.82) is 0 Å². The van der Waals surface area contributed by atoms with E-state index in [0.29, 0.717) is 5.89 Å². The Bertz CT molecular complexity index is 2900. The SMILES string of the molecule is c1ccc(-c2nc3c(ccc4c5ccc6ccc(-c7cccc(N(c8ccccc8)c8ccccc8-c8ccccc8)c7)cc6c5ccc43)o2)cc1. The van der Waals surface area contributed by atoms with Crippen molar-refractivity contribution in [3.05, 3.63) is 194 Å². The van der Waals surface area contributed by atoms with Crippen LogP contribution in [0.15, 0.2) is 199 Å². The van der Waals surface area contributed by atoms with Gasteiger partial charge in [0.1, 0.15) is 5.52 Å². The van der Waals surface area contributed by atoms with E-state index in [-0.39, 0.29) is 0 Å². The zero-order chi connectivity index (χ0) is 34.4. The first-order valence-corrected chi connectivity index (χ1v) is 17.6. The first kappa shape index (κ1) is 29.9. The lowest BCUT2D eigenvalue weighted by Gasteiger charge is -2.28. The van der Waals surface area contributed by atoms with Crippen LogP contribution < -0.4 is 4.90 Å². The van der Waals surface area contributed by atoms with E-state index in [1.54, 1.807) is 0 Å². The van der Waals surface area contributed by atoms with Crippen LogP contribution in [-0.2, 0) is 0 Å². The number of benzene rings is 9. The fourth-order valence-electron chi connectivity index (χ4n) is 7.58. The number of para-hydroxylation sites is 2. The van der Waals surface area contributed by atoms with Gasteiger partial charge >= 0.3 is 0 Å². The topological polar surface area (TPSA) is 29.3 Å². The van der Waals surface area contributed by atoms with Gasteiger partial charge in [-0.1, -0.05) is 133 Å². The van der Waals surface area contributed by atoms with E-state index in [1.165, 1.54) is 43.6 Å². The summed E-state index contributed by atoms with van der Waals surface area (Å²) in [5.74, 6) is 0.642. The number of anilines is 3. The van der Waals surface area contributed by atoms with Gasteiger partial charge in [0, 0.05) is 27.9 Å². The minimum atomic E-state index is 0.642. The van der Waals surface area contributed by atoms with Crippen LogP contribution in [0.1, 0.15) is 0 Å². The fourth-order valence-corrected chi connectivity index (χ4v) is 7.58. The van der Waals surface area contributed by atoms with Gasteiger partial charge in [0.15, 0.2) is 5.58 Å². The number of hydrogen-bond acceptors (Lipinski definition) is 3. The summed E-state index contributed by atoms with van der Waals surface area (Å²) in [4.78, 5) is 7.32. The lowest BCUT2D eigenvalue weighted by molar-refractivity contribution is 0.620. The molecular formula is C49H32N2O. The molecule has 10 aromatic rings. The maximum absolute atomic E-state index is 6.21. The molecule has 0 unspecified atom stereocenters. The van der Waals surface area contributed by atoms with Gasteiger partial charge in [-0.05, 0) is 104 Å². The van der Waals surface area contributed by atoms with Crippen LogP contribution in [0.25, 0.3) is 77.1 Å². The van der Waals surface area contributed by atoms with Crippen LogP contribution >= 0.6 is 0 Å². The number of fused-ring (bicyclic) bond motifs is 7. The van der Waals surface area contributed by atoms with Gasteiger partial charge in [0.05, 0.1) is 5.69 Å². The highest BCUT2D eigenvalue weighted by Gasteiger charge is 2.18. The summed E-state index contributed by atoms with van der Waals surface area (Å²) in [7, 11) is 0. The van der Waals surface area contributed by atoms with Gasteiger partial charge in [0.2, 0.25) is 5.89 Å². The Kier molecular flexibility index (Phi) is 7.14. The van der Waals surface area contributed by atoms with Crippen LogP contribution in [-0.4, -0.2) is 4.98 Å². The molecule has 3 heteroatoms. The Labute approximate surface area is 301 Å². The average molecular weight is 665 g/mol. The summed E-state index contributed by atoms with van der Waals surface area (Å²) >= 11 is 0. The van der Waals surface area contributed by atoms with Crippen LogP contribution in [0, 0.1) is 0 Å². The Morgan fingerprint density at radius 3 is 1.79 bits per heavy atom. The number of aromatic nitrogens is 1. The first-order chi connectivity index (χ1) is 25.8. The highest BCUT2D eigenvalue weighted by Crippen LogP contribution is 2.42. The second kappa shape index (κ2) is 12.4.